The number of fused-ring (bicyclic) bond motifs is 1. The van der Waals surface area contributed by atoms with Gasteiger partial charge in [-0.1, -0.05) is 18.2 Å². The number of non-ortho nitro benzene ring substituents is 1. The molecule has 0 aliphatic carbocycles. The highest BCUT2D eigenvalue weighted by molar-refractivity contribution is 5.83. The fourth-order valence-corrected chi connectivity index (χ4v) is 3.73. The molecule has 0 bridgehead atoms. The lowest BCUT2D eigenvalue weighted by atomic mass is 9.99. The monoisotopic (exact) mass is 397 g/mol. The van der Waals surface area contributed by atoms with Crippen LogP contribution < -0.4 is 9.47 Å². The Kier molecular flexibility index (Phi) is 5.35. The van der Waals surface area contributed by atoms with Gasteiger partial charge in [-0.05, 0) is 30.2 Å². The number of carbonyl (C=O) groups excluding carboxylic acids is 1. The van der Waals surface area contributed by atoms with Crippen molar-refractivity contribution in [1.82, 2.24) is 9.80 Å². The van der Waals surface area contributed by atoms with Gasteiger partial charge in [0.25, 0.3) is 5.69 Å². The highest BCUT2D eigenvalue weighted by Gasteiger charge is 2.26. The third-order valence-corrected chi connectivity index (χ3v) is 5.50. The first-order valence-electron chi connectivity index (χ1n) is 9.65. The van der Waals surface area contributed by atoms with Crippen molar-refractivity contribution in [2.45, 2.75) is 19.4 Å². The molecule has 1 saturated heterocycles. The van der Waals surface area contributed by atoms with Crippen LogP contribution in [0.25, 0.3) is 0 Å². The minimum Gasteiger partial charge on any atom is -0.454 e. The van der Waals surface area contributed by atoms with Gasteiger partial charge in [0.1, 0.15) is 0 Å². The number of amides is 1. The zero-order valence-corrected chi connectivity index (χ0v) is 16.2. The summed E-state index contributed by atoms with van der Waals surface area (Å²) < 4.78 is 10.8. The number of nitro groups is 1. The molecule has 2 aliphatic rings. The van der Waals surface area contributed by atoms with Crippen molar-refractivity contribution in [2.24, 2.45) is 0 Å². The predicted molar refractivity (Wildman–Crippen MR) is 106 cm³/mol. The van der Waals surface area contributed by atoms with Gasteiger partial charge in [-0.2, -0.15) is 0 Å². The molecule has 0 spiro atoms. The summed E-state index contributed by atoms with van der Waals surface area (Å²) in [5.74, 6) is 1.30. The van der Waals surface area contributed by atoms with Crippen molar-refractivity contribution >= 4 is 11.6 Å². The van der Waals surface area contributed by atoms with Crippen LogP contribution in [-0.2, 0) is 11.3 Å². The van der Waals surface area contributed by atoms with E-state index in [4.69, 9.17) is 9.47 Å². The van der Waals surface area contributed by atoms with E-state index in [0.29, 0.717) is 13.1 Å². The van der Waals surface area contributed by atoms with Crippen LogP contribution in [0.15, 0.2) is 42.5 Å². The smallest absolute Gasteiger partial charge is 0.269 e. The number of piperazine rings is 1. The van der Waals surface area contributed by atoms with Crippen LogP contribution in [0.2, 0.25) is 0 Å². The van der Waals surface area contributed by atoms with E-state index in [0.717, 1.165) is 42.3 Å². The zero-order chi connectivity index (χ0) is 20.4. The first kappa shape index (κ1) is 19.2. The Morgan fingerprint density at radius 3 is 2.45 bits per heavy atom. The minimum atomic E-state index is -0.435. The molecule has 4 rings (SSSR count). The quantitative estimate of drug-likeness (QED) is 0.570. The summed E-state index contributed by atoms with van der Waals surface area (Å²) in [5, 5.41) is 10.8. The van der Waals surface area contributed by atoms with Crippen LogP contribution in [0.1, 0.15) is 24.0 Å². The molecule has 1 atom stereocenters. The normalized spacial score (nSPS) is 17.2. The number of carbonyl (C=O) groups is 1. The molecule has 0 radical (unpaired) electrons. The van der Waals surface area contributed by atoms with Crippen LogP contribution in [0.3, 0.4) is 0 Å². The molecular formula is C21H23N3O5. The summed E-state index contributed by atoms with van der Waals surface area (Å²) >= 11 is 0. The Morgan fingerprint density at radius 1 is 1.07 bits per heavy atom. The van der Waals surface area contributed by atoms with Crippen LogP contribution in [-0.4, -0.2) is 53.6 Å². The maximum absolute atomic E-state index is 12.9. The van der Waals surface area contributed by atoms with E-state index in [9.17, 15) is 14.9 Å². The van der Waals surface area contributed by atoms with Crippen LogP contribution in [0.4, 0.5) is 5.69 Å². The number of benzene rings is 2. The molecule has 8 heteroatoms. The molecule has 2 aromatic carbocycles. The number of ether oxygens (including phenoxy) is 2. The first-order chi connectivity index (χ1) is 14.0. The van der Waals surface area contributed by atoms with Crippen LogP contribution in [0, 0.1) is 10.1 Å². The molecule has 2 aliphatic heterocycles. The first-order valence-corrected chi connectivity index (χ1v) is 9.65. The lowest BCUT2D eigenvalue weighted by Gasteiger charge is -2.36. The molecule has 0 aromatic heterocycles. The maximum atomic E-state index is 12.9. The average Bonchev–Trinajstić information content (AvgIpc) is 3.21. The summed E-state index contributed by atoms with van der Waals surface area (Å²) in [5.41, 5.74) is 1.99. The van der Waals surface area contributed by atoms with Crippen LogP contribution in [0.5, 0.6) is 11.5 Å². The highest BCUT2D eigenvalue weighted by atomic mass is 16.7. The van der Waals surface area contributed by atoms with E-state index in [2.05, 4.69) is 4.90 Å². The van der Waals surface area contributed by atoms with Crippen molar-refractivity contribution in [3.8, 4) is 11.5 Å². The van der Waals surface area contributed by atoms with Gasteiger partial charge < -0.3 is 14.4 Å². The molecule has 1 amide bonds. The Labute approximate surface area is 168 Å². The Morgan fingerprint density at radius 2 is 1.76 bits per heavy atom. The Hall–Kier alpha value is -3.13. The Bertz CT molecular complexity index is 907. The predicted octanol–water partition coefficient (Wildman–Crippen LogP) is 2.77. The highest BCUT2D eigenvalue weighted by Crippen LogP contribution is 2.33. The topological polar surface area (TPSA) is 85.2 Å². The van der Waals surface area contributed by atoms with E-state index >= 15 is 0 Å². The van der Waals surface area contributed by atoms with Gasteiger partial charge >= 0.3 is 0 Å². The number of hydrogen-bond acceptors (Lipinski definition) is 6. The third-order valence-electron chi connectivity index (χ3n) is 5.50. The van der Waals surface area contributed by atoms with Gasteiger partial charge in [0, 0.05) is 44.9 Å². The van der Waals surface area contributed by atoms with Gasteiger partial charge in [-0.15, -0.1) is 0 Å². The van der Waals surface area contributed by atoms with Crippen molar-refractivity contribution in [2.75, 3.05) is 33.0 Å². The molecule has 0 unspecified atom stereocenters. The summed E-state index contributed by atoms with van der Waals surface area (Å²) in [6.07, 6.45) is 0. The second-order valence-electron chi connectivity index (χ2n) is 7.36. The minimum absolute atomic E-state index is 0.0329. The van der Waals surface area contributed by atoms with E-state index < -0.39 is 4.92 Å². The molecule has 0 saturated carbocycles. The number of nitro benzene ring substituents is 1. The van der Waals surface area contributed by atoms with Crippen molar-refractivity contribution < 1.29 is 19.2 Å². The molecule has 152 valence electrons. The second kappa shape index (κ2) is 8.08. The largest absolute Gasteiger partial charge is 0.454 e. The molecular weight excluding hydrogens is 374 g/mol. The van der Waals surface area contributed by atoms with Gasteiger partial charge in [0.15, 0.2) is 11.5 Å². The number of nitrogens with zero attached hydrogens (tertiary/aromatic N) is 3. The summed E-state index contributed by atoms with van der Waals surface area (Å²) in [6, 6.07) is 12.2. The molecule has 0 N–H and O–H groups in total. The van der Waals surface area contributed by atoms with Gasteiger partial charge in [-0.3, -0.25) is 19.8 Å². The lowest BCUT2D eigenvalue weighted by molar-refractivity contribution is -0.384. The standard InChI is InChI=1S/C21H23N3O5/c1-15(17-3-5-18(6-4-17)24(26)27)21(25)23-10-8-22(9-11-23)13-16-2-7-19-20(12-16)29-14-28-19/h2-7,12,15H,8-11,13-14H2,1H3/t15-/m0/s1. The fraction of sp³-hybridized carbons (Fsp3) is 0.381. The average molecular weight is 397 g/mol. The maximum Gasteiger partial charge on any atom is 0.269 e. The second-order valence-corrected chi connectivity index (χ2v) is 7.36. The van der Waals surface area contributed by atoms with Gasteiger partial charge in [0.05, 0.1) is 10.8 Å². The van der Waals surface area contributed by atoms with E-state index in [1.165, 1.54) is 12.1 Å². The SMILES string of the molecule is C[C@H](C(=O)N1CCN(Cc2ccc3c(c2)OCO3)CC1)c1ccc([N+](=O)[O-])cc1. The summed E-state index contributed by atoms with van der Waals surface area (Å²) in [4.78, 5) is 27.4. The lowest BCUT2D eigenvalue weighted by Crippen LogP contribution is -2.49. The van der Waals surface area contributed by atoms with Crippen molar-refractivity contribution in [3.63, 3.8) is 0 Å². The van der Waals surface area contributed by atoms with Crippen molar-refractivity contribution in [3.05, 3.63) is 63.7 Å². The van der Waals surface area contributed by atoms with E-state index in [1.807, 2.05) is 30.0 Å². The Balaban J connectivity index is 1.31. The fourth-order valence-electron chi connectivity index (χ4n) is 3.73. The zero-order valence-electron chi connectivity index (χ0n) is 16.2. The van der Waals surface area contributed by atoms with Gasteiger partial charge in [-0.25, -0.2) is 0 Å². The van der Waals surface area contributed by atoms with E-state index in [1.54, 1.807) is 12.1 Å². The summed E-state index contributed by atoms with van der Waals surface area (Å²) in [6.45, 7) is 5.85. The third kappa shape index (κ3) is 4.17. The van der Waals surface area contributed by atoms with E-state index in [-0.39, 0.29) is 24.3 Å². The number of rotatable bonds is 5. The molecule has 8 nitrogen and oxygen atoms in total. The number of hydrogen-bond donors (Lipinski definition) is 0. The molecule has 2 aromatic rings. The molecule has 29 heavy (non-hydrogen) atoms. The molecule has 1 fully saturated rings. The molecule has 2 heterocycles. The van der Waals surface area contributed by atoms with Crippen LogP contribution >= 0.6 is 0 Å². The van der Waals surface area contributed by atoms with Gasteiger partial charge in [0.2, 0.25) is 12.7 Å². The van der Waals surface area contributed by atoms with Crippen molar-refractivity contribution in [1.29, 1.82) is 0 Å². The summed E-state index contributed by atoms with van der Waals surface area (Å²) in [7, 11) is 0.